The lowest BCUT2D eigenvalue weighted by Gasteiger charge is -2.17. The summed E-state index contributed by atoms with van der Waals surface area (Å²) >= 11 is 0. The molecule has 0 radical (unpaired) electrons. The number of benzene rings is 1. The standard InChI is InChI=1S/C14H19NO5/c1-3-5-12(14(18)19-4-2)20-9-6-7-11(15)10(8-9)13(16)17/h6-8,12H,3-5,15H2,1-2H3,(H,16,17). The Kier molecular flexibility index (Phi) is 5.83. The fourth-order valence-corrected chi connectivity index (χ4v) is 1.68. The molecule has 110 valence electrons. The molecule has 0 heterocycles. The van der Waals surface area contributed by atoms with Crippen LogP contribution in [0.4, 0.5) is 5.69 Å². The smallest absolute Gasteiger partial charge is 0.347 e. The van der Waals surface area contributed by atoms with Crippen molar-refractivity contribution in [2.45, 2.75) is 32.8 Å². The van der Waals surface area contributed by atoms with Gasteiger partial charge in [0.25, 0.3) is 0 Å². The second kappa shape index (κ2) is 7.37. The first-order valence-electron chi connectivity index (χ1n) is 6.45. The van der Waals surface area contributed by atoms with Crippen LogP contribution in [-0.2, 0) is 9.53 Å². The van der Waals surface area contributed by atoms with Crippen LogP contribution < -0.4 is 10.5 Å². The minimum Gasteiger partial charge on any atom is -0.479 e. The number of carboxylic acid groups (broad SMARTS) is 1. The maximum atomic E-state index is 11.7. The van der Waals surface area contributed by atoms with E-state index in [2.05, 4.69) is 0 Å². The summed E-state index contributed by atoms with van der Waals surface area (Å²) < 4.78 is 10.4. The number of nitrogens with two attached hydrogens (primary N) is 1. The van der Waals surface area contributed by atoms with Crippen molar-refractivity contribution < 1.29 is 24.2 Å². The quantitative estimate of drug-likeness (QED) is 0.586. The van der Waals surface area contributed by atoms with Gasteiger partial charge >= 0.3 is 11.9 Å². The van der Waals surface area contributed by atoms with E-state index < -0.39 is 18.0 Å². The van der Waals surface area contributed by atoms with Crippen molar-refractivity contribution in [3.05, 3.63) is 23.8 Å². The van der Waals surface area contributed by atoms with Crippen molar-refractivity contribution in [3.8, 4) is 5.75 Å². The Labute approximate surface area is 117 Å². The van der Waals surface area contributed by atoms with E-state index >= 15 is 0 Å². The number of hydrogen-bond acceptors (Lipinski definition) is 5. The van der Waals surface area contributed by atoms with Crippen LogP contribution in [0.15, 0.2) is 18.2 Å². The van der Waals surface area contributed by atoms with Gasteiger partial charge in [-0.3, -0.25) is 0 Å². The maximum Gasteiger partial charge on any atom is 0.347 e. The topological polar surface area (TPSA) is 98.9 Å². The SMILES string of the molecule is CCCC(Oc1ccc(N)c(C(=O)O)c1)C(=O)OCC. The van der Waals surface area contributed by atoms with Crippen LogP contribution in [0.1, 0.15) is 37.0 Å². The zero-order chi connectivity index (χ0) is 15.1. The van der Waals surface area contributed by atoms with Crippen molar-refractivity contribution in [2.24, 2.45) is 0 Å². The fourth-order valence-electron chi connectivity index (χ4n) is 1.68. The molecule has 0 saturated heterocycles. The van der Waals surface area contributed by atoms with Crippen molar-refractivity contribution in [2.75, 3.05) is 12.3 Å². The van der Waals surface area contributed by atoms with Crippen molar-refractivity contribution in [3.63, 3.8) is 0 Å². The molecule has 0 aliphatic carbocycles. The van der Waals surface area contributed by atoms with E-state index in [0.717, 1.165) is 6.42 Å². The first-order chi connectivity index (χ1) is 9.49. The minimum atomic E-state index is -1.14. The van der Waals surface area contributed by atoms with E-state index in [0.29, 0.717) is 6.42 Å². The molecule has 0 aromatic heterocycles. The molecule has 6 heteroatoms. The number of rotatable bonds is 7. The number of carbonyl (C=O) groups is 2. The van der Waals surface area contributed by atoms with E-state index in [1.807, 2.05) is 6.92 Å². The van der Waals surface area contributed by atoms with Gasteiger partial charge in [-0.1, -0.05) is 13.3 Å². The number of ether oxygens (including phenoxy) is 2. The van der Waals surface area contributed by atoms with Gasteiger partial charge in [0.2, 0.25) is 0 Å². The second-order valence-corrected chi connectivity index (χ2v) is 4.20. The lowest BCUT2D eigenvalue weighted by Crippen LogP contribution is -2.29. The first kappa shape index (κ1) is 15.8. The second-order valence-electron chi connectivity index (χ2n) is 4.20. The van der Waals surface area contributed by atoms with Crippen LogP contribution in [0.2, 0.25) is 0 Å². The summed E-state index contributed by atoms with van der Waals surface area (Å²) in [5.41, 5.74) is 5.65. The van der Waals surface area contributed by atoms with Crippen LogP contribution in [0, 0.1) is 0 Å². The molecule has 0 spiro atoms. The summed E-state index contributed by atoms with van der Waals surface area (Å²) in [5, 5.41) is 8.99. The molecule has 0 aliphatic rings. The highest BCUT2D eigenvalue weighted by Crippen LogP contribution is 2.22. The molecule has 3 N–H and O–H groups in total. The third-order valence-electron chi connectivity index (χ3n) is 2.63. The molecule has 1 aromatic carbocycles. The van der Waals surface area contributed by atoms with Gasteiger partial charge in [-0.15, -0.1) is 0 Å². The van der Waals surface area contributed by atoms with E-state index in [-0.39, 0.29) is 23.6 Å². The molecule has 0 aliphatic heterocycles. The molecule has 0 bridgehead atoms. The number of carbonyl (C=O) groups excluding carboxylic acids is 1. The monoisotopic (exact) mass is 281 g/mol. The van der Waals surface area contributed by atoms with Crippen LogP contribution in [-0.4, -0.2) is 29.8 Å². The van der Waals surface area contributed by atoms with Gasteiger partial charge in [0.15, 0.2) is 6.10 Å². The van der Waals surface area contributed by atoms with E-state index in [4.69, 9.17) is 20.3 Å². The lowest BCUT2D eigenvalue weighted by molar-refractivity contribution is -0.151. The molecule has 20 heavy (non-hydrogen) atoms. The fraction of sp³-hybridized carbons (Fsp3) is 0.429. The highest BCUT2D eigenvalue weighted by molar-refractivity contribution is 5.94. The van der Waals surface area contributed by atoms with Gasteiger partial charge in [0.05, 0.1) is 12.2 Å². The lowest BCUT2D eigenvalue weighted by atomic mass is 10.1. The van der Waals surface area contributed by atoms with Crippen molar-refractivity contribution in [1.29, 1.82) is 0 Å². The van der Waals surface area contributed by atoms with Gasteiger partial charge in [-0.25, -0.2) is 9.59 Å². The largest absolute Gasteiger partial charge is 0.479 e. The van der Waals surface area contributed by atoms with E-state index in [1.165, 1.54) is 18.2 Å². The van der Waals surface area contributed by atoms with Crippen molar-refractivity contribution in [1.82, 2.24) is 0 Å². The maximum absolute atomic E-state index is 11.7. The van der Waals surface area contributed by atoms with Crippen molar-refractivity contribution >= 4 is 17.6 Å². The molecule has 0 fully saturated rings. The molecule has 0 saturated carbocycles. The number of carboxylic acids is 1. The number of nitrogen functional groups attached to an aromatic ring is 1. The van der Waals surface area contributed by atoms with Gasteiger partial charge in [0.1, 0.15) is 5.75 Å². The average Bonchev–Trinajstić information content (AvgIpc) is 2.40. The zero-order valence-electron chi connectivity index (χ0n) is 11.6. The number of hydrogen-bond donors (Lipinski definition) is 2. The van der Waals surface area contributed by atoms with Crippen LogP contribution in [0.3, 0.4) is 0 Å². The van der Waals surface area contributed by atoms with Crippen LogP contribution >= 0.6 is 0 Å². The highest BCUT2D eigenvalue weighted by Gasteiger charge is 2.21. The number of aromatic carboxylic acids is 1. The Morgan fingerprint density at radius 3 is 2.60 bits per heavy atom. The number of anilines is 1. The summed E-state index contributed by atoms with van der Waals surface area (Å²) in [6.45, 7) is 3.90. The molecular formula is C14H19NO5. The first-order valence-corrected chi connectivity index (χ1v) is 6.45. The Morgan fingerprint density at radius 1 is 1.35 bits per heavy atom. The summed E-state index contributed by atoms with van der Waals surface area (Å²) in [5.74, 6) is -1.32. The Balaban J connectivity index is 2.90. The molecule has 1 aromatic rings. The summed E-state index contributed by atoms with van der Waals surface area (Å²) in [6.07, 6.45) is 0.487. The molecule has 1 rings (SSSR count). The molecule has 6 nitrogen and oxygen atoms in total. The van der Waals surface area contributed by atoms with Gasteiger partial charge in [0, 0.05) is 5.69 Å². The molecule has 1 unspecified atom stereocenters. The predicted octanol–water partition coefficient (Wildman–Crippen LogP) is 2.08. The van der Waals surface area contributed by atoms with Crippen LogP contribution in [0.5, 0.6) is 5.75 Å². The van der Waals surface area contributed by atoms with Crippen LogP contribution in [0.25, 0.3) is 0 Å². The van der Waals surface area contributed by atoms with E-state index in [1.54, 1.807) is 6.92 Å². The predicted molar refractivity (Wildman–Crippen MR) is 73.8 cm³/mol. The number of esters is 1. The Morgan fingerprint density at radius 2 is 2.05 bits per heavy atom. The Hall–Kier alpha value is -2.24. The molecule has 0 amide bonds. The highest BCUT2D eigenvalue weighted by atomic mass is 16.6. The summed E-state index contributed by atoms with van der Waals surface area (Å²) in [6, 6.07) is 4.27. The van der Waals surface area contributed by atoms with Gasteiger partial charge in [-0.05, 0) is 31.5 Å². The third kappa shape index (κ3) is 4.15. The summed E-state index contributed by atoms with van der Waals surface area (Å²) in [4.78, 5) is 22.7. The average molecular weight is 281 g/mol. The normalized spacial score (nSPS) is 11.7. The Bertz CT molecular complexity index is 486. The third-order valence-corrected chi connectivity index (χ3v) is 2.63. The molecule has 1 atom stereocenters. The summed E-state index contributed by atoms with van der Waals surface area (Å²) in [7, 11) is 0. The van der Waals surface area contributed by atoms with Gasteiger partial charge in [-0.2, -0.15) is 0 Å². The molecular weight excluding hydrogens is 262 g/mol. The zero-order valence-corrected chi connectivity index (χ0v) is 11.6. The van der Waals surface area contributed by atoms with Gasteiger partial charge < -0.3 is 20.3 Å². The van der Waals surface area contributed by atoms with E-state index in [9.17, 15) is 9.59 Å². The minimum absolute atomic E-state index is 0.0541.